The number of rotatable bonds is 4. The summed E-state index contributed by atoms with van der Waals surface area (Å²) in [7, 11) is 0. The van der Waals surface area contributed by atoms with E-state index in [1.165, 1.54) is 12.8 Å². The van der Waals surface area contributed by atoms with E-state index in [1.807, 2.05) is 4.90 Å². The Hall–Kier alpha value is -1.10. The highest BCUT2D eigenvalue weighted by atomic mass is 16.5. The molecular formula is C14H23N3O2. The molecule has 2 saturated heterocycles. The largest absolute Gasteiger partial charge is 0.378 e. The van der Waals surface area contributed by atoms with Gasteiger partial charge in [0.25, 0.3) is 0 Å². The van der Waals surface area contributed by atoms with Gasteiger partial charge in [0, 0.05) is 26.0 Å². The third-order valence-corrected chi connectivity index (χ3v) is 4.64. The highest BCUT2D eigenvalue weighted by Crippen LogP contribution is 2.40. The van der Waals surface area contributed by atoms with Crippen molar-refractivity contribution >= 4 is 11.9 Å². The SMILES string of the molecule is CCCC1CC2(CCO1)C(=N)NC(=O)N2CC1CC1. The molecule has 2 aliphatic heterocycles. The van der Waals surface area contributed by atoms with E-state index in [4.69, 9.17) is 10.1 Å². The highest BCUT2D eigenvalue weighted by Gasteiger charge is 2.53. The Morgan fingerprint density at radius 3 is 3.00 bits per heavy atom. The number of amidine groups is 1. The van der Waals surface area contributed by atoms with Crippen LogP contribution in [0.25, 0.3) is 0 Å². The second-order valence-electron chi connectivity index (χ2n) is 6.13. The molecular weight excluding hydrogens is 242 g/mol. The standard InChI is InChI=1S/C14H23N3O2/c1-2-3-11-8-14(6-7-19-11)12(15)16-13(18)17(14)9-10-4-5-10/h10-11H,2-9H2,1H3,(H2,15,16,18). The first-order chi connectivity index (χ1) is 9.15. The van der Waals surface area contributed by atoms with Crippen LogP contribution in [0.15, 0.2) is 0 Å². The Labute approximate surface area is 114 Å². The first-order valence-corrected chi connectivity index (χ1v) is 7.45. The maximum Gasteiger partial charge on any atom is 0.323 e. The van der Waals surface area contributed by atoms with Crippen LogP contribution in [0.2, 0.25) is 0 Å². The Balaban J connectivity index is 1.80. The van der Waals surface area contributed by atoms with Crippen LogP contribution in [0.4, 0.5) is 4.79 Å². The van der Waals surface area contributed by atoms with Crippen molar-refractivity contribution < 1.29 is 9.53 Å². The molecule has 5 nitrogen and oxygen atoms in total. The van der Waals surface area contributed by atoms with Gasteiger partial charge < -0.3 is 9.64 Å². The number of hydrogen-bond acceptors (Lipinski definition) is 3. The van der Waals surface area contributed by atoms with E-state index in [2.05, 4.69) is 12.2 Å². The number of ether oxygens (including phenoxy) is 1. The summed E-state index contributed by atoms with van der Waals surface area (Å²) in [6, 6.07) is -0.0750. The maximum absolute atomic E-state index is 12.1. The molecule has 2 heterocycles. The van der Waals surface area contributed by atoms with Crippen molar-refractivity contribution in [3.05, 3.63) is 0 Å². The van der Waals surface area contributed by atoms with Gasteiger partial charge in [-0.3, -0.25) is 10.7 Å². The summed E-state index contributed by atoms with van der Waals surface area (Å²) < 4.78 is 5.80. The monoisotopic (exact) mass is 265 g/mol. The van der Waals surface area contributed by atoms with E-state index in [1.54, 1.807) is 0 Å². The molecule has 3 rings (SSSR count). The maximum atomic E-state index is 12.1. The van der Waals surface area contributed by atoms with Gasteiger partial charge in [-0.2, -0.15) is 0 Å². The second kappa shape index (κ2) is 4.78. The molecule has 106 valence electrons. The zero-order chi connectivity index (χ0) is 13.5. The second-order valence-corrected chi connectivity index (χ2v) is 6.13. The van der Waals surface area contributed by atoms with Gasteiger partial charge in [0.15, 0.2) is 0 Å². The first kappa shape index (κ1) is 12.9. The zero-order valence-electron chi connectivity index (χ0n) is 11.6. The van der Waals surface area contributed by atoms with E-state index in [-0.39, 0.29) is 12.1 Å². The van der Waals surface area contributed by atoms with Crippen molar-refractivity contribution in [2.45, 2.75) is 57.1 Å². The summed E-state index contributed by atoms with van der Waals surface area (Å²) in [6.07, 6.45) is 6.28. The molecule has 1 aliphatic carbocycles. The van der Waals surface area contributed by atoms with Crippen molar-refractivity contribution in [3.8, 4) is 0 Å². The third kappa shape index (κ3) is 2.24. The van der Waals surface area contributed by atoms with E-state index in [9.17, 15) is 4.79 Å². The molecule has 19 heavy (non-hydrogen) atoms. The fourth-order valence-corrected chi connectivity index (χ4v) is 3.35. The van der Waals surface area contributed by atoms with E-state index < -0.39 is 5.54 Å². The lowest BCUT2D eigenvalue weighted by Crippen LogP contribution is -2.55. The molecule has 0 aromatic carbocycles. The highest BCUT2D eigenvalue weighted by molar-refractivity contribution is 6.08. The average molecular weight is 265 g/mol. The average Bonchev–Trinajstić information content (AvgIpc) is 3.16. The Morgan fingerprint density at radius 2 is 2.32 bits per heavy atom. The minimum absolute atomic E-state index is 0.0750. The summed E-state index contributed by atoms with van der Waals surface area (Å²) in [4.78, 5) is 14.0. The van der Waals surface area contributed by atoms with Gasteiger partial charge in [-0.15, -0.1) is 0 Å². The van der Waals surface area contributed by atoms with Gasteiger partial charge in [0.2, 0.25) is 0 Å². The molecule has 2 atom stereocenters. The number of nitrogens with one attached hydrogen (secondary N) is 2. The van der Waals surface area contributed by atoms with Crippen LogP contribution in [0.3, 0.4) is 0 Å². The lowest BCUT2D eigenvalue weighted by Gasteiger charge is -2.42. The van der Waals surface area contributed by atoms with Crippen molar-refractivity contribution in [1.29, 1.82) is 5.41 Å². The fraction of sp³-hybridized carbons (Fsp3) is 0.857. The number of nitrogens with zero attached hydrogens (tertiary/aromatic N) is 1. The minimum Gasteiger partial charge on any atom is -0.378 e. The zero-order valence-corrected chi connectivity index (χ0v) is 11.6. The van der Waals surface area contributed by atoms with Gasteiger partial charge in [0.1, 0.15) is 11.4 Å². The smallest absolute Gasteiger partial charge is 0.323 e. The van der Waals surface area contributed by atoms with Crippen LogP contribution in [0.1, 0.15) is 45.4 Å². The van der Waals surface area contributed by atoms with Crippen molar-refractivity contribution in [2.24, 2.45) is 5.92 Å². The molecule has 0 aromatic heterocycles. The summed E-state index contributed by atoms with van der Waals surface area (Å²) in [6.45, 7) is 3.62. The number of carbonyl (C=O) groups is 1. The molecule has 1 spiro atoms. The predicted octanol–water partition coefficient (Wildman–Crippen LogP) is 2.12. The first-order valence-electron chi connectivity index (χ1n) is 7.45. The Kier molecular flexibility index (Phi) is 3.25. The van der Waals surface area contributed by atoms with E-state index in [0.717, 1.165) is 32.2 Å². The summed E-state index contributed by atoms with van der Waals surface area (Å²) >= 11 is 0. The lowest BCUT2D eigenvalue weighted by molar-refractivity contribution is -0.0369. The number of urea groups is 1. The molecule has 0 aromatic rings. The predicted molar refractivity (Wildman–Crippen MR) is 72.3 cm³/mol. The van der Waals surface area contributed by atoms with Crippen LogP contribution in [0.5, 0.6) is 0 Å². The van der Waals surface area contributed by atoms with Crippen molar-refractivity contribution in [1.82, 2.24) is 10.2 Å². The topological polar surface area (TPSA) is 65.4 Å². The lowest BCUT2D eigenvalue weighted by atomic mass is 9.83. The summed E-state index contributed by atoms with van der Waals surface area (Å²) in [5.41, 5.74) is -0.405. The van der Waals surface area contributed by atoms with E-state index in [0.29, 0.717) is 18.4 Å². The minimum atomic E-state index is -0.405. The van der Waals surface area contributed by atoms with Crippen LogP contribution >= 0.6 is 0 Å². The molecule has 5 heteroatoms. The molecule has 1 saturated carbocycles. The van der Waals surface area contributed by atoms with Gasteiger partial charge in [0.05, 0.1) is 6.10 Å². The molecule has 0 bridgehead atoms. The van der Waals surface area contributed by atoms with Crippen LogP contribution in [-0.4, -0.2) is 41.6 Å². The van der Waals surface area contributed by atoms with Crippen molar-refractivity contribution in [2.75, 3.05) is 13.2 Å². The Morgan fingerprint density at radius 1 is 1.53 bits per heavy atom. The number of amides is 2. The molecule has 2 unspecified atom stereocenters. The van der Waals surface area contributed by atoms with Crippen LogP contribution < -0.4 is 5.32 Å². The molecule has 2 N–H and O–H groups in total. The van der Waals surface area contributed by atoms with Gasteiger partial charge in [-0.05, 0) is 25.2 Å². The van der Waals surface area contributed by atoms with Gasteiger partial charge in [-0.25, -0.2) is 4.79 Å². The third-order valence-electron chi connectivity index (χ3n) is 4.64. The molecule has 3 fully saturated rings. The van der Waals surface area contributed by atoms with Gasteiger partial charge >= 0.3 is 6.03 Å². The summed E-state index contributed by atoms with van der Waals surface area (Å²) in [5.74, 6) is 1.04. The molecule has 2 amide bonds. The normalized spacial score (nSPS) is 35.0. The summed E-state index contributed by atoms with van der Waals surface area (Å²) in [5, 5.41) is 10.9. The molecule has 0 radical (unpaired) electrons. The Bertz CT molecular complexity index is 392. The number of hydrogen-bond donors (Lipinski definition) is 2. The molecule has 3 aliphatic rings. The van der Waals surface area contributed by atoms with Crippen molar-refractivity contribution in [3.63, 3.8) is 0 Å². The number of carbonyl (C=O) groups excluding carboxylic acids is 1. The van der Waals surface area contributed by atoms with Crippen LogP contribution in [-0.2, 0) is 4.74 Å². The fourth-order valence-electron chi connectivity index (χ4n) is 3.35. The van der Waals surface area contributed by atoms with Gasteiger partial charge in [-0.1, -0.05) is 13.3 Å². The van der Waals surface area contributed by atoms with E-state index >= 15 is 0 Å². The quantitative estimate of drug-likeness (QED) is 0.817. The van der Waals surface area contributed by atoms with Crippen LogP contribution in [0, 0.1) is 11.3 Å².